The predicted molar refractivity (Wildman–Crippen MR) is 123 cm³/mol. The van der Waals surface area contributed by atoms with Gasteiger partial charge in [0, 0.05) is 31.8 Å². The number of nitrogens with two attached hydrogens (primary N) is 2. The number of ketones is 1. The minimum atomic E-state index is -4.76. The van der Waals surface area contributed by atoms with Crippen molar-refractivity contribution < 1.29 is 25.1 Å². The van der Waals surface area contributed by atoms with Gasteiger partial charge < -0.3 is 16.8 Å². The normalized spacial score (nSPS) is 13.5. The standard InChI is InChI=1S/C22H22F3N5O.5H2/c1-13(16(12-26)14-6-3-2-4-7-14)29-18-10-9-17(22(23,24)25)19(30-18)20(31)15-8-5-11-28-21(15)27;;;;;/h2-11,13,16H,12,26H2,1H3,(H2,27,28)(H,29,30);5*1H. The van der Waals surface area contributed by atoms with E-state index >= 15 is 0 Å². The van der Waals surface area contributed by atoms with E-state index < -0.39 is 23.2 Å². The Morgan fingerprint density at radius 3 is 2.45 bits per heavy atom. The number of nitrogen functional groups attached to an aromatic ring is 1. The summed E-state index contributed by atoms with van der Waals surface area (Å²) in [6.45, 7) is 2.17. The van der Waals surface area contributed by atoms with Crippen LogP contribution in [0.3, 0.4) is 0 Å². The highest BCUT2D eigenvalue weighted by molar-refractivity contribution is 6.11. The number of alkyl halides is 3. The van der Waals surface area contributed by atoms with E-state index in [2.05, 4.69) is 15.3 Å². The van der Waals surface area contributed by atoms with Crippen LogP contribution < -0.4 is 16.8 Å². The van der Waals surface area contributed by atoms with E-state index in [4.69, 9.17) is 11.5 Å². The summed E-state index contributed by atoms with van der Waals surface area (Å²) in [4.78, 5) is 20.6. The second kappa shape index (κ2) is 9.13. The Morgan fingerprint density at radius 1 is 1.13 bits per heavy atom. The minimum Gasteiger partial charge on any atom is -0.383 e. The SMILES string of the molecule is CC(Nc1ccc(C(F)(F)F)c(C(=O)c2cccnc2N)n1)C(CN)c1ccccc1.[HH].[HH].[HH].[HH].[HH]. The number of anilines is 2. The zero-order valence-electron chi connectivity index (χ0n) is 16.7. The summed E-state index contributed by atoms with van der Waals surface area (Å²) >= 11 is 0. The lowest BCUT2D eigenvalue weighted by molar-refractivity contribution is -0.138. The summed E-state index contributed by atoms with van der Waals surface area (Å²) in [6.07, 6.45) is -3.41. The molecular weight excluding hydrogens is 407 g/mol. The van der Waals surface area contributed by atoms with Crippen molar-refractivity contribution in [1.82, 2.24) is 9.97 Å². The minimum absolute atomic E-state index is 0. The zero-order chi connectivity index (χ0) is 22.6. The molecule has 2 unspecified atom stereocenters. The number of hydrogen-bond donors (Lipinski definition) is 3. The number of pyridine rings is 2. The first kappa shape index (κ1) is 22.2. The van der Waals surface area contributed by atoms with Gasteiger partial charge in [-0.1, -0.05) is 30.3 Å². The first-order valence-electron chi connectivity index (χ1n) is 9.57. The van der Waals surface area contributed by atoms with Gasteiger partial charge in [-0.3, -0.25) is 4.79 Å². The van der Waals surface area contributed by atoms with E-state index in [1.807, 2.05) is 37.3 Å². The molecule has 0 bridgehead atoms. The molecule has 5 N–H and O–H groups in total. The lowest BCUT2D eigenvalue weighted by Crippen LogP contribution is -2.30. The predicted octanol–water partition coefficient (Wildman–Crippen LogP) is 5.08. The van der Waals surface area contributed by atoms with E-state index in [-0.39, 0.29) is 36.3 Å². The van der Waals surface area contributed by atoms with Gasteiger partial charge in [0.1, 0.15) is 17.3 Å². The summed E-state index contributed by atoms with van der Waals surface area (Å²) in [5.74, 6) is -1.10. The molecular formula is C22H32F3N5O. The van der Waals surface area contributed by atoms with Crippen molar-refractivity contribution in [1.29, 1.82) is 0 Å². The van der Waals surface area contributed by atoms with Crippen molar-refractivity contribution in [2.75, 3.05) is 17.6 Å². The average Bonchev–Trinajstić information content (AvgIpc) is 2.74. The molecule has 6 nitrogen and oxygen atoms in total. The molecule has 9 heteroatoms. The van der Waals surface area contributed by atoms with E-state index in [9.17, 15) is 18.0 Å². The summed E-state index contributed by atoms with van der Waals surface area (Å²) in [5.41, 5.74) is 10.6. The largest absolute Gasteiger partial charge is 0.418 e. The fourth-order valence-electron chi connectivity index (χ4n) is 3.34. The fraction of sp³-hybridized carbons (Fsp3) is 0.227. The van der Waals surface area contributed by atoms with Gasteiger partial charge >= 0.3 is 6.18 Å². The van der Waals surface area contributed by atoms with Gasteiger partial charge in [-0.2, -0.15) is 13.2 Å². The van der Waals surface area contributed by atoms with Gasteiger partial charge in [0.25, 0.3) is 0 Å². The van der Waals surface area contributed by atoms with Crippen LogP contribution >= 0.6 is 0 Å². The van der Waals surface area contributed by atoms with E-state index in [1.54, 1.807) is 0 Å². The summed E-state index contributed by atoms with van der Waals surface area (Å²) in [7, 11) is 0. The Hall–Kier alpha value is -3.46. The zero-order valence-corrected chi connectivity index (χ0v) is 16.7. The van der Waals surface area contributed by atoms with Gasteiger partial charge in [0.2, 0.25) is 5.78 Å². The summed E-state index contributed by atoms with van der Waals surface area (Å²) < 4.78 is 40.6. The van der Waals surface area contributed by atoms with Crippen molar-refractivity contribution in [2.24, 2.45) is 5.73 Å². The molecule has 0 amide bonds. The molecule has 0 aliphatic carbocycles. The number of rotatable bonds is 7. The first-order valence-corrected chi connectivity index (χ1v) is 9.57. The van der Waals surface area contributed by atoms with E-state index in [0.29, 0.717) is 6.54 Å². The maximum atomic E-state index is 13.5. The van der Waals surface area contributed by atoms with Crippen molar-refractivity contribution in [2.45, 2.75) is 25.1 Å². The van der Waals surface area contributed by atoms with Gasteiger partial charge in [0.05, 0.1) is 11.1 Å². The second-order valence-electron chi connectivity index (χ2n) is 7.04. The lowest BCUT2D eigenvalue weighted by Gasteiger charge is -2.25. The number of benzene rings is 1. The Morgan fingerprint density at radius 2 is 1.84 bits per heavy atom. The average molecular weight is 440 g/mol. The highest BCUT2D eigenvalue weighted by atomic mass is 19.4. The third-order valence-corrected chi connectivity index (χ3v) is 4.96. The van der Waals surface area contributed by atoms with Crippen LogP contribution in [-0.4, -0.2) is 28.3 Å². The number of carbonyl (C=O) groups excluding carboxylic acids is 1. The lowest BCUT2D eigenvalue weighted by atomic mass is 9.92. The van der Waals surface area contributed by atoms with Crippen LogP contribution in [0.4, 0.5) is 24.8 Å². The molecule has 0 aliphatic heterocycles. The number of nitrogens with zero attached hydrogens (tertiary/aromatic N) is 2. The maximum absolute atomic E-state index is 13.5. The molecule has 0 fully saturated rings. The Bertz CT molecular complexity index is 1080. The molecule has 1 aromatic carbocycles. The number of aromatic nitrogens is 2. The second-order valence-corrected chi connectivity index (χ2v) is 7.04. The maximum Gasteiger partial charge on any atom is 0.418 e. The quantitative estimate of drug-likeness (QED) is 0.443. The number of nitrogens with one attached hydrogen (secondary N) is 1. The van der Waals surface area contributed by atoms with Gasteiger partial charge in [0.15, 0.2) is 0 Å². The monoisotopic (exact) mass is 439 g/mol. The molecule has 2 heterocycles. The van der Waals surface area contributed by atoms with Crippen LogP contribution in [0.15, 0.2) is 60.8 Å². The van der Waals surface area contributed by atoms with Gasteiger partial charge in [-0.05, 0) is 36.8 Å². The van der Waals surface area contributed by atoms with Crippen LogP contribution in [0.5, 0.6) is 0 Å². The Kier molecular flexibility index (Phi) is 6.55. The van der Waals surface area contributed by atoms with Gasteiger partial charge in [-0.15, -0.1) is 0 Å². The molecule has 3 rings (SSSR count). The molecule has 0 radical (unpaired) electrons. The van der Waals surface area contributed by atoms with Gasteiger partial charge in [-0.25, -0.2) is 9.97 Å². The van der Waals surface area contributed by atoms with Crippen molar-refractivity contribution in [3.63, 3.8) is 0 Å². The molecule has 0 saturated carbocycles. The Balaban J connectivity index is -0.00000218. The van der Waals surface area contributed by atoms with Crippen molar-refractivity contribution in [3.05, 3.63) is 83.2 Å². The molecule has 2 aromatic heterocycles. The molecule has 3 aromatic rings. The molecule has 2 atom stereocenters. The van der Waals surface area contributed by atoms with Crippen LogP contribution in [-0.2, 0) is 6.18 Å². The third-order valence-electron chi connectivity index (χ3n) is 4.96. The highest BCUT2D eigenvalue weighted by Crippen LogP contribution is 2.34. The van der Waals surface area contributed by atoms with E-state index in [0.717, 1.165) is 11.6 Å². The molecule has 172 valence electrons. The summed E-state index contributed by atoms with van der Waals surface area (Å²) in [6, 6.07) is 14.0. The highest BCUT2D eigenvalue weighted by Gasteiger charge is 2.37. The van der Waals surface area contributed by atoms with Crippen LogP contribution in [0, 0.1) is 0 Å². The number of carbonyl (C=O) groups is 1. The molecule has 31 heavy (non-hydrogen) atoms. The van der Waals surface area contributed by atoms with Crippen molar-refractivity contribution in [3.8, 4) is 0 Å². The topological polar surface area (TPSA) is 107 Å². The molecule has 0 spiro atoms. The van der Waals surface area contributed by atoms with Crippen LogP contribution in [0.25, 0.3) is 0 Å². The Labute approximate surface area is 184 Å². The number of hydrogen-bond acceptors (Lipinski definition) is 6. The number of halogens is 3. The van der Waals surface area contributed by atoms with Crippen LogP contribution in [0.2, 0.25) is 0 Å². The summed E-state index contributed by atoms with van der Waals surface area (Å²) in [5, 5.41) is 3.07. The van der Waals surface area contributed by atoms with Crippen LogP contribution in [0.1, 0.15) is 47.2 Å². The molecule has 0 saturated heterocycles. The fourth-order valence-corrected chi connectivity index (χ4v) is 3.34. The first-order chi connectivity index (χ1) is 14.7. The third kappa shape index (κ3) is 5.00. The molecule has 0 aliphatic rings. The van der Waals surface area contributed by atoms with Crippen molar-refractivity contribution >= 4 is 17.4 Å². The smallest absolute Gasteiger partial charge is 0.383 e. The van der Waals surface area contributed by atoms with E-state index in [1.165, 1.54) is 24.4 Å².